The van der Waals surface area contributed by atoms with E-state index in [1.807, 2.05) is 34.7 Å². The number of methoxy groups -OCH3 is 4. The number of rotatable bonds is 52. The van der Waals surface area contributed by atoms with E-state index < -0.39 is 118 Å². The van der Waals surface area contributed by atoms with Crippen molar-refractivity contribution in [2.45, 2.75) is 299 Å². The van der Waals surface area contributed by atoms with E-state index in [1.54, 1.807) is 0 Å². The van der Waals surface area contributed by atoms with Crippen molar-refractivity contribution >= 4 is 82.8 Å². The molecule has 133 heavy (non-hydrogen) atoms. The van der Waals surface area contributed by atoms with E-state index in [-0.39, 0.29) is 166 Å². The Morgan fingerprint density at radius 1 is 0.632 bits per heavy atom. The molecule has 19 atom stereocenters. The summed E-state index contributed by atoms with van der Waals surface area (Å²) in [4.78, 5) is 125. The van der Waals surface area contributed by atoms with Crippen molar-refractivity contribution in [2.75, 3.05) is 145 Å². The SMILES string of the molecule is CCC(CO)OC(CO)OC.CCC(CO)OC(COC(=O)CCCC(=O)NC(C)C(=O)OCCCCC(=O)[C@]1(O)C2N(C)c3cc(C)c([C@@]4(C)CC5CN(CCc6c4[nH]c4ccccc64)CC(O)(CC)C5)cc3C23CCN2CC=C[C@](CC)(C23)[C@H]1O)OC.CCC(CO)OC(COC(=O)CCCC(=O)NCCS)OC.CCC(CO)OC(COC(=O)CCCC(=O)O)OC.O=C=O. The normalized spacial score (nSPS) is 24.5. The molecule has 2 bridgehead atoms. The Bertz CT molecular complexity index is 4110. The van der Waals surface area contributed by atoms with Crippen LogP contribution < -0.4 is 15.5 Å². The highest BCUT2D eigenvalue weighted by atomic mass is 32.1. The minimum absolute atomic E-state index is 0.0183. The fourth-order valence-electron chi connectivity index (χ4n) is 19.1. The predicted octanol–water partition coefficient (Wildman–Crippen LogP) is 5.86. The highest BCUT2D eigenvalue weighted by molar-refractivity contribution is 7.80. The van der Waals surface area contributed by atoms with Crippen molar-refractivity contribution in [2.24, 2.45) is 11.3 Å². The number of aryl methyl sites for hydroxylation is 1. The van der Waals surface area contributed by atoms with Gasteiger partial charge in [0.25, 0.3) is 0 Å². The number of carboxylic acid groups (broad SMARTS) is 1. The van der Waals surface area contributed by atoms with Crippen LogP contribution in [0.2, 0.25) is 0 Å². The molecule has 3 fully saturated rings. The van der Waals surface area contributed by atoms with Gasteiger partial charge in [0.1, 0.15) is 32.0 Å². The largest absolute Gasteiger partial charge is 0.481 e. The van der Waals surface area contributed by atoms with Gasteiger partial charge in [-0.05, 0) is 164 Å². The summed E-state index contributed by atoms with van der Waals surface area (Å²) >= 11 is 3.98. The standard InChI is InChI=1S/C61H87N5O12.C14H27NO6S.C12H22O7.C7H16O4.CO2/c1-9-41(35-67)78-51(75-8)36-77-50(70)22-16-21-49(69)62-39(5)53(71)76-29-15-14-20-48(68)61(74)55-60(25-28-66-26-17-24-59(11-3,54(60)66)56(61)72)45-31-44(38(4)30-47(45)64(55)7)57(6)32-40-33-58(73,10-2)37-65(34-40)27-23-43-42-18-12-13-19-46(42)63-52(43)57;1-3-11(9-16)21-14(19-2)10-20-13(18)6-4-5-12(17)15-7-8-22;1-3-9(7-13)19-12(17-2)8-18-11(16)6-4-5-10(14)15;1-3-6(4-8)11-7(5-9)10-2;2-1-3/h12-13,17-19,24,30-31,39-41,51,54-56,63,67,72-74H,9-11,14-16,20-23,25-29,32-37H2,1-8H3,(H,62,69);11,14,16,22H,3-10H2,1-2H3,(H,15,17);9,12-13H,3-8H2,1-2H3,(H,14,15);6-9H,3-5H2,1-2H3;/t39?,40?,41?,51?,54?,55?,56-,57-,58?,59-,60?,61+;;;;/m1..../s1. The maximum absolute atomic E-state index is 15.2. The number of piperidine rings is 1. The van der Waals surface area contributed by atoms with Crippen LogP contribution in [0.5, 0.6) is 0 Å². The number of aromatic nitrogens is 1. The molecule has 1 aliphatic carbocycles. The number of aromatic amines is 1. The zero-order valence-electron chi connectivity index (χ0n) is 80.3. The van der Waals surface area contributed by atoms with Gasteiger partial charge in [0, 0.05) is 163 Å². The molecule has 754 valence electrons. The average molecular weight is 1910 g/mol. The van der Waals surface area contributed by atoms with Gasteiger partial charge in [-0.25, -0.2) is 4.79 Å². The number of hydrogen-bond donors (Lipinski definition) is 13. The number of aliphatic hydroxyl groups excluding tert-OH is 6. The fraction of sp³-hybridized carbons (Fsp3) is 0.737. The Morgan fingerprint density at radius 3 is 1.64 bits per heavy atom. The summed E-state index contributed by atoms with van der Waals surface area (Å²) in [6.45, 7) is 21.2. The number of benzene rings is 2. The number of carbonyl (C=O) groups excluding carboxylic acids is 9. The quantitative estimate of drug-likeness (QED) is 0.00785. The lowest BCUT2D eigenvalue weighted by molar-refractivity contribution is -0.202. The van der Waals surface area contributed by atoms with Crippen LogP contribution in [0, 0.1) is 18.3 Å². The van der Waals surface area contributed by atoms with Crippen LogP contribution in [0.15, 0.2) is 48.6 Å². The Morgan fingerprint density at radius 2 is 1.15 bits per heavy atom. The first-order valence-corrected chi connectivity index (χ1v) is 47.3. The van der Waals surface area contributed by atoms with Crippen LogP contribution in [-0.4, -0.2) is 339 Å². The second-order valence-electron chi connectivity index (χ2n) is 34.9. The minimum Gasteiger partial charge on any atom is -0.481 e. The van der Waals surface area contributed by atoms with E-state index in [4.69, 9.17) is 92.0 Å². The number of ketones is 1. The molecule has 6 aliphatic rings. The number of nitrogens with zero attached hydrogens (tertiary/aromatic N) is 3. The number of thiol groups is 1. The predicted molar refractivity (Wildman–Crippen MR) is 491 cm³/mol. The number of esters is 4. The van der Waals surface area contributed by atoms with Gasteiger partial charge in [-0.15, -0.1) is 0 Å². The lowest BCUT2D eigenvalue weighted by Gasteiger charge is -2.63. The molecule has 38 heteroatoms. The second kappa shape index (κ2) is 58.3. The van der Waals surface area contributed by atoms with Crippen LogP contribution in [0.1, 0.15) is 218 Å². The topological polar surface area (TPSA) is 513 Å². The number of aliphatic carboxylic acids is 1. The third-order valence-corrected chi connectivity index (χ3v) is 26.3. The van der Waals surface area contributed by atoms with E-state index >= 15 is 4.79 Å². The average Bonchev–Trinajstić information content (AvgIpc) is 1.48. The first-order chi connectivity index (χ1) is 63.5. The fourth-order valence-corrected chi connectivity index (χ4v) is 19.2. The number of ether oxygens (including phenoxy) is 12. The highest BCUT2D eigenvalue weighted by Crippen LogP contribution is 2.67. The van der Waals surface area contributed by atoms with E-state index in [0.717, 1.165) is 61.2 Å². The van der Waals surface area contributed by atoms with Gasteiger partial charge in [-0.1, -0.05) is 78.0 Å². The third-order valence-electron chi connectivity index (χ3n) is 26.0. The summed E-state index contributed by atoms with van der Waals surface area (Å²) in [5.74, 6) is -3.21. The summed E-state index contributed by atoms with van der Waals surface area (Å²) < 4.78 is 62.1. The zero-order valence-corrected chi connectivity index (χ0v) is 81.2. The van der Waals surface area contributed by atoms with Crippen LogP contribution in [0.25, 0.3) is 10.9 Å². The highest BCUT2D eigenvalue weighted by Gasteiger charge is 2.78. The number of carboxylic acids is 1. The number of nitrogens with one attached hydrogen (secondary N) is 3. The third kappa shape index (κ3) is 32.0. The first kappa shape index (κ1) is 116. The molecule has 15 unspecified atom stereocenters. The van der Waals surface area contributed by atoms with Crippen LogP contribution in [-0.2, 0) is 122 Å². The smallest absolute Gasteiger partial charge is 0.373 e. The van der Waals surface area contributed by atoms with Gasteiger partial charge in [0.05, 0.1) is 75.7 Å². The molecule has 2 amide bonds. The Hall–Kier alpha value is -7.51. The van der Waals surface area contributed by atoms with Gasteiger partial charge in [-0.2, -0.15) is 22.2 Å². The monoisotopic (exact) mass is 1910 g/mol. The molecule has 1 spiro atoms. The number of likely N-dealkylation sites (N-methyl/N-ethyl adjacent to an activating group) is 1. The Balaban J connectivity index is 0.000000459. The van der Waals surface area contributed by atoms with Gasteiger partial charge < -0.3 is 123 Å². The molecule has 2 saturated heterocycles. The molecule has 37 nitrogen and oxygen atoms in total. The Labute approximate surface area is 787 Å². The number of para-hydroxylation sites is 1. The van der Waals surface area contributed by atoms with Gasteiger partial charge in [0.2, 0.25) is 11.8 Å². The summed E-state index contributed by atoms with van der Waals surface area (Å²) in [6.07, 6.45) is 7.26. The van der Waals surface area contributed by atoms with Crippen molar-refractivity contribution < 1.29 is 151 Å². The van der Waals surface area contributed by atoms with E-state index in [9.17, 15) is 54.0 Å². The van der Waals surface area contributed by atoms with Crippen molar-refractivity contribution in [3.63, 3.8) is 0 Å². The van der Waals surface area contributed by atoms with Gasteiger partial charge in [0.15, 0.2) is 36.5 Å². The molecule has 0 radical (unpaired) electrons. The molecule has 2 aromatic carbocycles. The lowest BCUT2D eigenvalue weighted by Crippen LogP contribution is -2.80. The molecule has 3 aromatic rings. The zero-order chi connectivity index (χ0) is 98.8. The van der Waals surface area contributed by atoms with Crippen LogP contribution in [0.3, 0.4) is 0 Å². The number of hydrogen-bond acceptors (Lipinski definition) is 34. The summed E-state index contributed by atoms with van der Waals surface area (Å²) in [6, 6.07) is 11.4. The number of amides is 2. The van der Waals surface area contributed by atoms with Gasteiger partial charge in [-0.3, -0.25) is 43.4 Å². The summed E-state index contributed by atoms with van der Waals surface area (Å²) in [5, 5.41) is 98.2. The number of unbranched alkanes of at least 4 members (excludes halogenated alkanes) is 1. The number of carbonyl (C=O) groups is 8. The Kier molecular flexibility index (Phi) is 50.8. The minimum atomic E-state index is -2.17. The first-order valence-electron chi connectivity index (χ1n) is 46.6. The molecule has 12 N–H and O–H groups in total. The van der Waals surface area contributed by atoms with Crippen molar-refractivity contribution in [1.82, 2.24) is 25.4 Å². The molecular formula is C95H152N6O31S. The van der Waals surface area contributed by atoms with Crippen molar-refractivity contribution in [3.8, 4) is 0 Å². The van der Waals surface area contributed by atoms with E-state index in [1.165, 1.54) is 57.6 Å². The maximum Gasteiger partial charge on any atom is 0.373 e. The number of anilines is 1. The number of fused-ring (bicyclic) bond motifs is 6. The molecular weight excluding hydrogens is 1750 g/mol. The van der Waals surface area contributed by atoms with E-state index in [0.29, 0.717) is 83.2 Å². The van der Waals surface area contributed by atoms with Gasteiger partial charge >= 0.3 is 36.0 Å². The molecule has 9 rings (SSSR count). The van der Waals surface area contributed by atoms with Crippen molar-refractivity contribution in [1.29, 1.82) is 0 Å². The van der Waals surface area contributed by atoms with Crippen molar-refractivity contribution in [3.05, 3.63) is 76.5 Å². The summed E-state index contributed by atoms with van der Waals surface area (Å²) in [5.41, 5.74) is 2.93. The molecule has 6 heterocycles. The number of Topliss-reactive ketones (excluding diaryl/α,β-unsaturated/α-hetero) is 1. The van der Waals surface area contributed by atoms with Crippen LogP contribution in [0.4, 0.5) is 5.69 Å². The maximum atomic E-state index is 15.2. The summed E-state index contributed by atoms with van der Waals surface area (Å²) in [7, 11) is 7.69. The number of H-pyrrole nitrogens is 1. The molecule has 1 saturated carbocycles. The van der Waals surface area contributed by atoms with Crippen LogP contribution >= 0.6 is 12.6 Å². The molecule has 5 aliphatic heterocycles. The second-order valence-corrected chi connectivity index (χ2v) is 35.4. The molecule has 1 aromatic heterocycles. The lowest BCUT2D eigenvalue weighted by atomic mass is 9.47. The van der Waals surface area contributed by atoms with E-state index in [2.05, 4.69) is 119 Å². The number of aliphatic hydroxyl groups is 8.